The van der Waals surface area contributed by atoms with E-state index in [-0.39, 0.29) is 18.2 Å². The summed E-state index contributed by atoms with van der Waals surface area (Å²) in [5.74, 6) is 0.489. The first-order valence-electron chi connectivity index (χ1n) is 9.01. The summed E-state index contributed by atoms with van der Waals surface area (Å²) in [4.78, 5) is 3.61. The average molecular weight is 375 g/mol. The number of halogens is 2. The number of nitrogens with one attached hydrogen (secondary N) is 2. The van der Waals surface area contributed by atoms with Gasteiger partial charge in [0, 0.05) is 29.6 Å². The lowest BCUT2D eigenvalue weighted by Gasteiger charge is -2.08. The van der Waals surface area contributed by atoms with Gasteiger partial charge in [0.15, 0.2) is 0 Å². The molecule has 0 amide bonds. The molecule has 0 fully saturated rings. The Balaban J connectivity index is 0.00000196. The molecule has 2 aromatic carbocycles. The standard InChI is InChI=1S/C21H23FN2O.ClH/c22-16-6-8-17(9-7-16)25-14-2-4-15-3-1-5-20-21(15)18-10-12-23-13-11-19(18)24-20;/h1,3,5-9,23-24H,2,4,10-14H2;1H. The second-order valence-corrected chi connectivity index (χ2v) is 6.58. The van der Waals surface area contributed by atoms with Crippen LogP contribution in [0.25, 0.3) is 10.9 Å². The van der Waals surface area contributed by atoms with E-state index < -0.39 is 0 Å². The van der Waals surface area contributed by atoms with E-state index in [1.807, 2.05) is 0 Å². The third-order valence-corrected chi connectivity index (χ3v) is 4.88. The molecule has 0 atom stereocenters. The van der Waals surface area contributed by atoms with Gasteiger partial charge in [-0.05, 0) is 67.3 Å². The Hall–Kier alpha value is -2.04. The van der Waals surface area contributed by atoms with Crippen LogP contribution in [0.3, 0.4) is 0 Å². The minimum Gasteiger partial charge on any atom is -0.494 e. The highest BCUT2D eigenvalue weighted by molar-refractivity contribution is 5.88. The smallest absolute Gasteiger partial charge is 0.123 e. The summed E-state index contributed by atoms with van der Waals surface area (Å²) < 4.78 is 18.6. The van der Waals surface area contributed by atoms with Gasteiger partial charge in [-0.15, -0.1) is 12.4 Å². The Morgan fingerprint density at radius 3 is 2.65 bits per heavy atom. The van der Waals surface area contributed by atoms with Crippen LogP contribution >= 0.6 is 12.4 Å². The fraction of sp³-hybridized carbons (Fsp3) is 0.333. The summed E-state index contributed by atoms with van der Waals surface area (Å²) in [7, 11) is 0. The molecule has 0 aliphatic carbocycles. The van der Waals surface area contributed by atoms with Crippen molar-refractivity contribution in [1.29, 1.82) is 0 Å². The summed E-state index contributed by atoms with van der Waals surface area (Å²) in [5.41, 5.74) is 5.51. The van der Waals surface area contributed by atoms with Crippen molar-refractivity contribution < 1.29 is 9.13 Å². The van der Waals surface area contributed by atoms with Gasteiger partial charge in [-0.2, -0.15) is 0 Å². The van der Waals surface area contributed by atoms with Crippen LogP contribution in [0.2, 0.25) is 0 Å². The van der Waals surface area contributed by atoms with Crippen molar-refractivity contribution in [2.75, 3.05) is 19.7 Å². The summed E-state index contributed by atoms with van der Waals surface area (Å²) in [6.45, 7) is 2.72. The van der Waals surface area contributed by atoms with Gasteiger partial charge in [0.05, 0.1) is 6.61 Å². The van der Waals surface area contributed by atoms with Crippen molar-refractivity contribution >= 4 is 23.3 Å². The molecule has 0 unspecified atom stereocenters. The fourth-order valence-electron chi connectivity index (χ4n) is 3.68. The average Bonchev–Trinajstić information content (AvgIpc) is 2.83. The van der Waals surface area contributed by atoms with E-state index in [2.05, 4.69) is 28.5 Å². The Bertz CT molecular complexity index is 860. The molecule has 2 N–H and O–H groups in total. The number of hydrogen-bond donors (Lipinski definition) is 2. The molecule has 4 rings (SSSR count). The van der Waals surface area contributed by atoms with Gasteiger partial charge < -0.3 is 15.0 Å². The highest BCUT2D eigenvalue weighted by Gasteiger charge is 2.16. The number of H-pyrrole nitrogens is 1. The van der Waals surface area contributed by atoms with Gasteiger partial charge in [-0.1, -0.05) is 12.1 Å². The van der Waals surface area contributed by atoms with E-state index in [4.69, 9.17) is 4.74 Å². The predicted molar refractivity (Wildman–Crippen MR) is 106 cm³/mol. The van der Waals surface area contributed by atoms with Crippen LogP contribution in [0, 0.1) is 5.82 Å². The second-order valence-electron chi connectivity index (χ2n) is 6.58. The number of hydrogen-bond acceptors (Lipinski definition) is 2. The maximum absolute atomic E-state index is 12.9. The van der Waals surface area contributed by atoms with Crippen molar-refractivity contribution in [3.63, 3.8) is 0 Å². The van der Waals surface area contributed by atoms with Crippen molar-refractivity contribution in [3.05, 3.63) is 65.1 Å². The number of aryl methyl sites for hydroxylation is 1. The topological polar surface area (TPSA) is 37.0 Å². The van der Waals surface area contributed by atoms with Crippen LogP contribution < -0.4 is 10.1 Å². The predicted octanol–water partition coefficient (Wildman–Crippen LogP) is 4.43. The minimum absolute atomic E-state index is 0. The third kappa shape index (κ3) is 4.02. The second kappa shape index (κ2) is 8.56. The molecular formula is C21H24ClFN2O. The number of rotatable bonds is 5. The molecular weight excluding hydrogens is 351 g/mol. The van der Waals surface area contributed by atoms with Crippen LogP contribution in [-0.4, -0.2) is 24.7 Å². The molecule has 0 spiro atoms. The molecule has 26 heavy (non-hydrogen) atoms. The molecule has 138 valence electrons. The summed E-state index contributed by atoms with van der Waals surface area (Å²) in [5, 5.41) is 4.88. The lowest BCUT2D eigenvalue weighted by molar-refractivity contribution is 0.310. The Labute approximate surface area is 159 Å². The van der Waals surface area contributed by atoms with Gasteiger partial charge in [0.1, 0.15) is 11.6 Å². The van der Waals surface area contributed by atoms with Crippen molar-refractivity contribution in [2.24, 2.45) is 0 Å². The number of aromatic nitrogens is 1. The number of aromatic amines is 1. The van der Waals surface area contributed by atoms with Crippen LogP contribution in [0.5, 0.6) is 5.75 Å². The Morgan fingerprint density at radius 1 is 1.00 bits per heavy atom. The molecule has 2 heterocycles. The van der Waals surface area contributed by atoms with E-state index in [0.29, 0.717) is 6.61 Å². The minimum atomic E-state index is -0.235. The number of benzene rings is 2. The zero-order chi connectivity index (χ0) is 17.1. The fourth-order valence-corrected chi connectivity index (χ4v) is 3.68. The van der Waals surface area contributed by atoms with Crippen LogP contribution in [0.1, 0.15) is 23.2 Å². The molecule has 0 radical (unpaired) electrons. The number of ether oxygens (including phenoxy) is 1. The van der Waals surface area contributed by atoms with Crippen LogP contribution in [0.4, 0.5) is 4.39 Å². The zero-order valence-corrected chi connectivity index (χ0v) is 15.5. The lowest BCUT2D eigenvalue weighted by Crippen LogP contribution is -2.16. The normalized spacial score (nSPS) is 13.7. The molecule has 5 heteroatoms. The van der Waals surface area contributed by atoms with Crippen molar-refractivity contribution in [1.82, 2.24) is 10.3 Å². The summed E-state index contributed by atoms with van der Waals surface area (Å²) >= 11 is 0. The maximum atomic E-state index is 12.9. The van der Waals surface area contributed by atoms with Gasteiger partial charge >= 0.3 is 0 Å². The molecule has 3 nitrogen and oxygen atoms in total. The van der Waals surface area contributed by atoms with Gasteiger partial charge in [-0.3, -0.25) is 0 Å². The molecule has 1 aliphatic heterocycles. The monoisotopic (exact) mass is 374 g/mol. The first-order chi connectivity index (χ1) is 12.3. The summed E-state index contributed by atoms with van der Waals surface area (Å²) in [6, 6.07) is 12.7. The first-order valence-corrected chi connectivity index (χ1v) is 9.01. The molecule has 1 aromatic heterocycles. The molecule has 3 aromatic rings. The Morgan fingerprint density at radius 2 is 1.81 bits per heavy atom. The molecule has 0 saturated carbocycles. The largest absolute Gasteiger partial charge is 0.494 e. The van der Waals surface area contributed by atoms with Crippen LogP contribution in [-0.2, 0) is 19.3 Å². The van der Waals surface area contributed by atoms with E-state index in [9.17, 15) is 4.39 Å². The quantitative estimate of drug-likeness (QED) is 0.648. The maximum Gasteiger partial charge on any atom is 0.123 e. The zero-order valence-electron chi connectivity index (χ0n) is 14.7. The summed E-state index contributed by atoms with van der Waals surface area (Å²) in [6.07, 6.45) is 4.07. The molecule has 1 aliphatic rings. The molecule has 0 bridgehead atoms. The van der Waals surface area contributed by atoms with Crippen molar-refractivity contribution in [2.45, 2.75) is 25.7 Å². The van der Waals surface area contributed by atoms with Gasteiger partial charge in [-0.25, -0.2) is 4.39 Å². The van der Waals surface area contributed by atoms with Crippen LogP contribution in [0.15, 0.2) is 42.5 Å². The third-order valence-electron chi connectivity index (χ3n) is 4.88. The van der Waals surface area contributed by atoms with E-state index in [1.165, 1.54) is 39.9 Å². The van der Waals surface area contributed by atoms with Gasteiger partial charge in [0.2, 0.25) is 0 Å². The first kappa shape index (κ1) is 18.7. The van der Waals surface area contributed by atoms with E-state index >= 15 is 0 Å². The molecule has 0 saturated heterocycles. The lowest BCUT2D eigenvalue weighted by atomic mass is 9.99. The van der Waals surface area contributed by atoms with E-state index in [0.717, 1.165) is 44.5 Å². The Kier molecular flexibility index (Phi) is 6.17. The van der Waals surface area contributed by atoms with Gasteiger partial charge in [0.25, 0.3) is 0 Å². The highest BCUT2D eigenvalue weighted by atomic mass is 35.5. The SMILES string of the molecule is Cl.Fc1ccc(OCCCc2cccc3[nH]c4c(c23)CCNCC4)cc1. The van der Waals surface area contributed by atoms with E-state index in [1.54, 1.807) is 12.1 Å². The number of fused-ring (bicyclic) bond motifs is 3. The van der Waals surface area contributed by atoms with Crippen molar-refractivity contribution in [3.8, 4) is 5.75 Å². The highest BCUT2D eigenvalue weighted by Crippen LogP contribution is 2.28.